The number of aromatic hydroxyl groups is 1. The first-order valence-corrected chi connectivity index (χ1v) is 16.0. The van der Waals surface area contributed by atoms with E-state index in [0.29, 0.717) is 12.0 Å². The molecule has 20 nitrogen and oxygen atoms in total. The van der Waals surface area contributed by atoms with Gasteiger partial charge in [-0.2, -0.15) is 0 Å². The van der Waals surface area contributed by atoms with Crippen LogP contribution in [0.5, 0.6) is 5.75 Å². The molecule has 1 fully saturated rings. The summed E-state index contributed by atoms with van der Waals surface area (Å²) >= 11 is 0. The van der Waals surface area contributed by atoms with Crippen molar-refractivity contribution in [3.63, 3.8) is 0 Å². The van der Waals surface area contributed by atoms with Gasteiger partial charge in [0.2, 0.25) is 41.4 Å². The number of carboxylic acids is 2. The van der Waals surface area contributed by atoms with Gasteiger partial charge in [0, 0.05) is 32.2 Å². The van der Waals surface area contributed by atoms with E-state index in [1.54, 1.807) is 0 Å². The van der Waals surface area contributed by atoms with Crippen molar-refractivity contribution in [1.82, 2.24) is 26.2 Å². The first-order chi connectivity index (χ1) is 24.0. The fourth-order valence-corrected chi connectivity index (χ4v) is 5.16. The molecule has 1 aromatic carbocycles. The maximum atomic E-state index is 13.8. The number of nitrogens with zero attached hydrogens (tertiary/aromatic N) is 1. The summed E-state index contributed by atoms with van der Waals surface area (Å²) in [7, 11) is 0. The Morgan fingerprint density at radius 3 is 1.96 bits per heavy atom. The molecule has 0 saturated carbocycles. The average molecular weight is 721 g/mol. The van der Waals surface area contributed by atoms with Crippen LogP contribution >= 0.6 is 0 Å². The molecule has 13 N–H and O–H groups in total. The zero-order valence-electron chi connectivity index (χ0n) is 27.7. The van der Waals surface area contributed by atoms with Gasteiger partial charge < -0.3 is 58.7 Å². The summed E-state index contributed by atoms with van der Waals surface area (Å²) in [4.78, 5) is 112. The predicted octanol–water partition coefficient (Wildman–Crippen LogP) is -3.70. The standard InChI is InChI=1S/C31H44N8O12/c32-18(7-10-23(33)41)27(46)38-21(14-16-3-5-17(40)6-4-16)28(47)37-19(8-11-24(34)42)30(49)39-13-1-2-22(39)29(48)35-15-25(43)36-20(31(50)51)9-12-26(44)45/h3-6,18-22,40H,1-2,7-15,32H2,(H2,33,41)(H2,34,42)(H,35,48)(H,36,43)(H,37,47)(H,38,46)(H,44,45)(H,50,51)/t18-,19-,20-,21-,22-/m0/s1. The lowest BCUT2D eigenvalue weighted by atomic mass is 10.0. The third kappa shape index (κ3) is 14.3. The Balaban J connectivity index is 2.20. The molecule has 20 heteroatoms. The summed E-state index contributed by atoms with van der Waals surface area (Å²) in [6.07, 6.45) is -1.47. The van der Waals surface area contributed by atoms with Crippen molar-refractivity contribution in [1.29, 1.82) is 0 Å². The molecule has 1 saturated heterocycles. The number of carbonyl (C=O) groups excluding carboxylic acids is 7. The minimum atomic E-state index is -1.52. The second kappa shape index (κ2) is 20.0. The Labute approximate surface area is 291 Å². The molecule has 0 aromatic heterocycles. The maximum Gasteiger partial charge on any atom is 0.326 e. The predicted molar refractivity (Wildman–Crippen MR) is 175 cm³/mol. The molecule has 51 heavy (non-hydrogen) atoms. The summed E-state index contributed by atoms with van der Waals surface area (Å²) in [5.41, 5.74) is 16.8. The number of hydrogen-bond acceptors (Lipinski definition) is 11. The Hall–Kier alpha value is -5.79. The summed E-state index contributed by atoms with van der Waals surface area (Å²) in [6, 6.07) is -0.889. The van der Waals surface area contributed by atoms with Gasteiger partial charge in [-0.05, 0) is 49.8 Å². The number of likely N-dealkylation sites (tertiary alicyclic amines) is 1. The summed E-state index contributed by atoms with van der Waals surface area (Å²) in [6.45, 7) is -0.624. The van der Waals surface area contributed by atoms with E-state index in [4.69, 9.17) is 22.3 Å². The lowest BCUT2D eigenvalue weighted by molar-refractivity contribution is -0.143. The zero-order chi connectivity index (χ0) is 38.2. The normalized spacial score (nSPS) is 16.1. The molecule has 1 aliphatic heterocycles. The van der Waals surface area contributed by atoms with Crippen molar-refractivity contribution >= 4 is 53.3 Å². The molecular weight excluding hydrogens is 676 g/mol. The van der Waals surface area contributed by atoms with Gasteiger partial charge in [-0.3, -0.25) is 38.4 Å². The minimum Gasteiger partial charge on any atom is -0.508 e. The van der Waals surface area contributed by atoms with E-state index in [1.165, 1.54) is 24.3 Å². The molecule has 0 unspecified atom stereocenters. The van der Waals surface area contributed by atoms with Crippen molar-refractivity contribution < 1.29 is 58.5 Å². The Kier molecular flexibility index (Phi) is 16.2. The number of carbonyl (C=O) groups is 9. The van der Waals surface area contributed by atoms with Crippen LogP contribution in [0, 0.1) is 0 Å². The monoisotopic (exact) mass is 720 g/mol. The first kappa shape index (κ1) is 41.4. The van der Waals surface area contributed by atoms with Crippen molar-refractivity contribution in [3.8, 4) is 5.75 Å². The van der Waals surface area contributed by atoms with Crippen LogP contribution in [-0.4, -0.2) is 117 Å². The number of carboxylic acid groups (broad SMARTS) is 2. The van der Waals surface area contributed by atoms with Crippen LogP contribution in [0.4, 0.5) is 0 Å². The number of hydrogen-bond donors (Lipinski definition) is 10. The van der Waals surface area contributed by atoms with E-state index >= 15 is 0 Å². The molecule has 0 bridgehead atoms. The van der Waals surface area contributed by atoms with Gasteiger partial charge in [-0.15, -0.1) is 0 Å². The highest BCUT2D eigenvalue weighted by Gasteiger charge is 2.39. The largest absolute Gasteiger partial charge is 0.508 e. The topological polar surface area (TPSA) is 344 Å². The summed E-state index contributed by atoms with van der Waals surface area (Å²) < 4.78 is 0. The molecule has 0 aliphatic carbocycles. The number of phenols is 1. The van der Waals surface area contributed by atoms with Crippen LogP contribution in [0.1, 0.15) is 56.9 Å². The fraction of sp³-hybridized carbons (Fsp3) is 0.516. The zero-order valence-corrected chi connectivity index (χ0v) is 27.7. The third-order valence-corrected chi connectivity index (χ3v) is 7.88. The molecule has 0 radical (unpaired) electrons. The maximum absolute atomic E-state index is 13.8. The number of nitrogens with one attached hydrogen (secondary N) is 4. The van der Waals surface area contributed by atoms with Gasteiger partial charge >= 0.3 is 11.9 Å². The summed E-state index contributed by atoms with van der Waals surface area (Å²) in [5, 5.41) is 37.2. The number of nitrogens with two attached hydrogens (primary N) is 3. The number of aliphatic carboxylic acids is 2. The van der Waals surface area contributed by atoms with Crippen LogP contribution < -0.4 is 38.5 Å². The lowest BCUT2D eigenvalue weighted by Gasteiger charge is -2.30. The van der Waals surface area contributed by atoms with E-state index in [0.717, 1.165) is 4.90 Å². The minimum absolute atomic E-state index is 0.0561. The Morgan fingerprint density at radius 1 is 0.784 bits per heavy atom. The smallest absolute Gasteiger partial charge is 0.326 e. The van der Waals surface area contributed by atoms with Crippen LogP contribution in [0.15, 0.2) is 24.3 Å². The van der Waals surface area contributed by atoms with Crippen molar-refractivity contribution in [2.24, 2.45) is 17.2 Å². The second-order valence-electron chi connectivity index (χ2n) is 11.9. The van der Waals surface area contributed by atoms with Crippen molar-refractivity contribution in [2.75, 3.05) is 13.1 Å². The van der Waals surface area contributed by atoms with Gasteiger partial charge in [0.15, 0.2) is 0 Å². The molecule has 2 rings (SSSR count). The molecule has 5 atom stereocenters. The molecule has 1 aromatic rings. The Bertz CT molecular complexity index is 1470. The van der Waals surface area contributed by atoms with Crippen LogP contribution in [0.25, 0.3) is 0 Å². The SMILES string of the molecule is NC(=O)CC[C@H](NC(=O)[C@H](Cc1ccc(O)cc1)NC(=O)[C@@H](N)CCC(N)=O)C(=O)N1CCC[C@H]1C(=O)NCC(=O)N[C@@H](CCC(=O)O)C(=O)O. The van der Waals surface area contributed by atoms with Gasteiger partial charge in [0.1, 0.15) is 29.9 Å². The van der Waals surface area contributed by atoms with Gasteiger partial charge in [0.25, 0.3) is 0 Å². The number of phenolic OH excluding ortho intramolecular Hbond substituents is 1. The second-order valence-corrected chi connectivity index (χ2v) is 11.9. The quantitative estimate of drug-likeness (QED) is 0.0585. The first-order valence-electron chi connectivity index (χ1n) is 16.0. The van der Waals surface area contributed by atoms with Crippen LogP contribution in [0.3, 0.4) is 0 Å². The van der Waals surface area contributed by atoms with Crippen LogP contribution in [-0.2, 0) is 49.6 Å². The highest BCUT2D eigenvalue weighted by atomic mass is 16.4. The van der Waals surface area contributed by atoms with E-state index in [-0.39, 0.29) is 50.8 Å². The van der Waals surface area contributed by atoms with E-state index < -0.39 is 103 Å². The van der Waals surface area contributed by atoms with Gasteiger partial charge in [0.05, 0.1) is 12.6 Å². The molecule has 7 amide bonds. The molecular formula is C31H44N8O12. The number of amides is 7. The summed E-state index contributed by atoms with van der Waals surface area (Å²) in [5.74, 6) is -8.39. The highest BCUT2D eigenvalue weighted by Crippen LogP contribution is 2.20. The molecule has 1 heterocycles. The Morgan fingerprint density at radius 2 is 1.37 bits per heavy atom. The van der Waals surface area contributed by atoms with Crippen molar-refractivity contribution in [3.05, 3.63) is 29.8 Å². The number of benzene rings is 1. The third-order valence-electron chi connectivity index (χ3n) is 7.88. The highest BCUT2D eigenvalue weighted by molar-refractivity contribution is 5.96. The van der Waals surface area contributed by atoms with E-state index in [9.17, 15) is 53.4 Å². The van der Waals surface area contributed by atoms with Crippen molar-refractivity contribution in [2.45, 2.75) is 88.0 Å². The molecule has 280 valence electrons. The van der Waals surface area contributed by atoms with Gasteiger partial charge in [-0.1, -0.05) is 12.1 Å². The molecule has 1 aliphatic rings. The number of primary amides is 2. The lowest BCUT2D eigenvalue weighted by Crippen LogP contribution is -2.58. The van der Waals surface area contributed by atoms with Crippen LogP contribution in [0.2, 0.25) is 0 Å². The van der Waals surface area contributed by atoms with Gasteiger partial charge in [-0.25, -0.2) is 4.79 Å². The van der Waals surface area contributed by atoms with E-state index in [1.807, 2.05) is 0 Å². The number of rotatable bonds is 21. The molecule has 0 spiro atoms. The average Bonchev–Trinajstić information content (AvgIpc) is 3.56. The van der Waals surface area contributed by atoms with E-state index in [2.05, 4.69) is 21.3 Å². The fourth-order valence-electron chi connectivity index (χ4n) is 5.16.